The molecule has 0 fully saturated rings. The van der Waals surface area contributed by atoms with E-state index in [0.717, 1.165) is 11.1 Å². The average Bonchev–Trinajstić information content (AvgIpc) is 2.20. The molecule has 1 rings (SSSR count). The number of hydrogen-bond acceptors (Lipinski definition) is 3. The zero-order valence-electron chi connectivity index (χ0n) is 10.1. The van der Waals surface area contributed by atoms with E-state index >= 15 is 0 Å². The molecular weight excluding hydrogens is 224 g/mol. The predicted molar refractivity (Wildman–Crippen MR) is 64.2 cm³/mol. The normalized spacial score (nSPS) is 15.8. The van der Waals surface area contributed by atoms with Gasteiger partial charge < -0.3 is 5.11 Å². The van der Waals surface area contributed by atoms with E-state index in [4.69, 9.17) is 0 Å². The third-order valence-electron chi connectivity index (χ3n) is 2.98. The van der Waals surface area contributed by atoms with Crippen molar-refractivity contribution in [1.29, 1.82) is 0 Å². The second kappa shape index (κ2) is 4.55. The quantitative estimate of drug-likeness (QED) is 0.880. The Balaban J connectivity index is 3.23. The maximum atomic E-state index is 12.1. The highest BCUT2D eigenvalue weighted by molar-refractivity contribution is 7.92. The zero-order chi connectivity index (χ0) is 12.5. The third-order valence-corrected chi connectivity index (χ3v) is 5.26. The molecule has 0 bridgehead atoms. The van der Waals surface area contributed by atoms with Crippen LogP contribution in [0, 0.1) is 13.8 Å². The minimum absolute atomic E-state index is 0.281. The fraction of sp³-hybridized carbons (Fsp3) is 0.500. The number of benzene rings is 1. The molecule has 16 heavy (non-hydrogen) atoms. The molecule has 0 heterocycles. The van der Waals surface area contributed by atoms with Crippen molar-refractivity contribution in [3.8, 4) is 0 Å². The van der Waals surface area contributed by atoms with E-state index in [0.29, 0.717) is 0 Å². The van der Waals surface area contributed by atoms with E-state index in [1.165, 1.54) is 13.8 Å². The summed E-state index contributed by atoms with van der Waals surface area (Å²) in [5, 5.41) is 8.58. The lowest BCUT2D eigenvalue weighted by molar-refractivity contribution is 0.193. The lowest BCUT2D eigenvalue weighted by Gasteiger charge is -2.16. The Hall–Kier alpha value is -0.870. The van der Waals surface area contributed by atoms with Crippen molar-refractivity contribution in [3.05, 3.63) is 29.3 Å². The molecule has 3 nitrogen and oxygen atoms in total. The molecule has 4 heteroatoms. The van der Waals surface area contributed by atoms with Crippen molar-refractivity contribution < 1.29 is 13.5 Å². The molecule has 0 aromatic heterocycles. The van der Waals surface area contributed by atoms with Gasteiger partial charge in [0.1, 0.15) is 0 Å². The number of aliphatic hydroxyl groups is 1. The van der Waals surface area contributed by atoms with Gasteiger partial charge in [0.05, 0.1) is 16.2 Å². The number of aryl methyl sites for hydroxylation is 2. The van der Waals surface area contributed by atoms with Gasteiger partial charge in [-0.15, -0.1) is 0 Å². The molecule has 1 aromatic carbocycles. The molecule has 1 aromatic rings. The molecule has 1 N–H and O–H groups in total. The van der Waals surface area contributed by atoms with Gasteiger partial charge in [-0.2, -0.15) is 0 Å². The standard InChI is InChI=1S/C12H18O3S/c1-8-5-6-12(7-9(8)2)16(14,15)11(4)10(3)13/h5-7,10-11,13H,1-4H3. The number of hydrogen-bond donors (Lipinski definition) is 1. The van der Waals surface area contributed by atoms with Crippen LogP contribution in [0.5, 0.6) is 0 Å². The summed E-state index contributed by atoms with van der Waals surface area (Å²) in [6.07, 6.45) is -0.869. The first-order valence-corrected chi connectivity index (χ1v) is 6.80. The molecule has 90 valence electrons. The minimum atomic E-state index is -3.43. The Morgan fingerprint density at radius 2 is 1.69 bits per heavy atom. The molecule has 2 unspecified atom stereocenters. The van der Waals surface area contributed by atoms with Gasteiger partial charge in [-0.1, -0.05) is 6.07 Å². The monoisotopic (exact) mass is 242 g/mol. The minimum Gasteiger partial charge on any atom is -0.392 e. The first-order valence-electron chi connectivity index (χ1n) is 5.26. The van der Waals surface area contributed by atoms with Gasteiger partial charge in [0, 0.05) is 0 Å². The highest BCUT2D eigenvalue weighted by Gasteiger charge is 2.27. The van der Waals surface area contributed by atoms with Gasteiger partial charge in [0.15, 0.2) is 9.84 Å². The smallest absolute Gasteiger partial charge is 0.183 e. The Labute approximate surface area is 97.0 Å². The molecule has 0 spiro atoms. The van der Waals surface area contributed by atoms with Crippen LogP contribution >= 0.6 is 0 Å². The lowest BCUT2D eigenvalue weighted by atomic mass is 10.1. The zero-order valence-corrected chi connectivity index (χ0v) is 10.9. The van der Waals surface area contributed by atoms with E-state index in [1.54, 1.807) is 18.2 Å². The van der Waals surface area contributed by atoms with E-state index in [-0.39, 0.29) is 4.90 Å². The van der Waals surface area contributed by atoms with Crippen LogP contribution in [0.25, 0.3) is 0 Å². The first kappa shape index (κ1) is 13.2. The van der Waals surface area contributed by atoms with Crippen LogP contribution in [0.3, 0.4) is 0 Å². The highest BCUT2D eigenvalue weighted by atomic mass is 32.2. The molecule has 0 radical (unpaired) electrons. The summed E-state index contributed by atoms with van der Waals surface area (Å²) < 4.78 is 24.2. The highest BCUT2D eigenvalue weighted by Crippen LogP contribution is 2.20. The SMILES string of the molecule is Cc1ccc(S(=O)(=O)C(C)C(C)O)cc1C. The number of aliphatic hydroxyl groups excluding tert-OH is 1. The van der Waals surface area contributed by atoms with Crippen molar-refractivity contribution in [2.75, 3.05) is 0 Å². The van der Waals surface area contributed by atoms with Gasteiger partial charge in [-0.05, 0) is 51.0 Å². The molecule has 0 amide bonds. The lowest BCUT2D eigenvalue weighted by Crippen LogP contribution is -2.29. The van der Waals surface area contributed by atoms with Crippen LogP contribution in [0.15, 0.2) is 23.1 Å². The Kier molecular flexibility index (Phi) is 3.76. The largest absolute Gasteiger partial charge is 0.392 e. The summed E-state index contributed by atoms with van der Waals surface area (Å²) in [6.45, 7) is 6.82. The van der Waals surface area contributed by atoms with E-state index in [2.05, 4.69) is 0 Å². The number of rotatable bonds is 3. The number of sulfone groups is 1. The van der Waals surface area contributed by atoms with Crippen LogP contribution < -0.4 is 0 Å². The summed E-state index contributed by atoms with van der Waals surface area (Å²) >= 11 is 0. The van der Waals surface area contributed by atoms with Crippen LogP contribution in [-0.2, 0) is 9.84 Å². The second-order valence-corrected chi connectivity index (χ2v) is 6.54. The van der Waals surface area contributed by atoms with Gasteiger partial charge in [0.2, 0.25) is 0 Å². The van der Waals surface area contributed by atoms with Crippen LogP contribution in [0.2, 0.25) is 0 Å². The molecule has 0 saturated carbocycles. The third kappa shape index (κ3) is 2.44. The second-order valence-electron chi connectivity index (χ2n) is 4.24. The average molecular weight is 242 g/mol. The van der Waals surface area contributed by atoms with E-state index in [9.17, 15) is 13.5 Å². The Morgan fingerprint density at radius 3 is 2.12 bits per heavy atom. The summed E-state index contributed by atoms with van der Waals surface area (Å²) in [6, 6.07) is 5.04. The van der Waals surface area contributed by atoms with Crippen molar-refractivity contribution in [2.24, 2.45) is 0 Å². The van der Waals surface area contributed by atoms with Crippen LogP contribution in [0.1, 0.15) is 25.0 Å². The fourth-order valence-electron chi connectivity index (χ4n) is 1.36. The molecule has 0 aliphatic heterocycles. The van der Waals surface area contributed by atoms with Gasteiger partial charge in [-0.3, -0.25) is 0 Å². The molecule has 0 aliphatic carbocycles. The summed E-state index contributed by atoms with van der Waals surface area (Å²) in [7, 11) is -3.43. The molecule has 0 saturated heterocycles. The fourth-order valence-corrected chi connectivity index (χ4v) is 2.91. The van der Waals surface area contributed by atoms with Crippen molar-refractivity contribution in [2.45, 2.75) is 43.9 Å². The van der Waals surface area contributed by atoms with Crippen molar-refractivity contribution in [3.63, 3.8) is 0 Å². The van der Waals surface area contributed by atoms with Crippen LogP contribution in [-0.4, -0.2) is 24.9 Å². The summed E-state index contributed by atoms with van der Waals surface area (Å²) in [5.41, 5.74) is 2.00. The van der Waals surface area contributed by atoms with Crippen molar-refractivity contribution >= 4 is 9.84 Å². The van der Waals surface area contributed by atoms with Gasteiger partial charge in [-0.25, -0.2) is 8.42 Å². The van der Waals surface area contributed by atoms with E-state index < -0.39 is 21.2 Å². The van der Waals surface area contributed by atoms with Crippen molar-refractivity contribution in [1.82, 2.24) is 0 Å². The predicted octanol–water partition coefficient (Wildman–Crippen LogP) is 1.85. The topological polar surface area (TPSA) is 54.4 Å². The maximum absolute atomic E-state index is 12.1. The van der Waals surface area contributed by atoms with Gasteiger partial charge in [0.25, 0.3) is 0 Å². The Bertz CT molecular complexity index is 475. The molecular formula is C12H18O3S. The van der Waals surface area contributed by atoms with Crippen LogP contribution in [0.4, 0.5) is 0 Å². The molecule has 0 aliphatic rings. The maximum Gasteiger partial charge on any atom is 0.183 e. The summed E-state index contributed by atoms with van der Waals surface area (Å²) in [5.74, 6) is 0. The molecule has 2 atom stereocenters. The van der Waals surface area contributed by atoms with E-state index in [1.807, 2.05) is 13.8 Å². The Morgan fingerprint density at radius 1 is 1.12 bits per heavy atom. The van der Waals surface area contributed by atoms with Gasteiger partial charge >= 0.3 is 0 Å². The first-order chi connectivity index (χ1) is 7.26. The summed E-state index contributed by atoms with van der Waals surface area (Å²) in [4.78, 5) is 0.281.